The molecule has 0 N–H and O–H groups in total. The number of hydrogen-bond acceptors (Lipinski definition) is 5. The maximum absolute atomic E-state index is 12.8. The lowest BCUT2D eigenvalue weighted by Crippen LogP contribution is -2.27. The van der Waals surface area contributed by atoms with Crippen molar-refractivity contribution in [2.75, 3.05) is 11.9 Å². The first-order valence-corrected chi connectivity index (χ1v) is 7.97. The van der Waals surface area contributed by atoms with Gasteiger partial charge in [0.1, 0.15) is 5.75 Å². The highest BCUT2D eigenvalue weighted by Gasteiger charge is 2.19. The summed E-state index contributed by atoms with van der Waals surface area (Å²) in [5.41, 5.74) is 1.55. The van der Waals surface area contributed by atoms with Crippen LogP contribution in [0.4, 0.5) is 5.69 Å². The number of pyridine rings is 1. The number of amides is 1. The van der Waals surface area contributed by atoms with Crippen LogP contribution in [0.15, 0.2) is 73.4 Å². The van der Waals surface area contributed by atoms with Gasteiger partial charge in [0, 0.05) is 49.8 Å². The van der Waals surface area contributed by atoms with E-state index in [0.717, 1.165) is 5.69 Å². The van der Waals surface area contributed by atoms with E-state index in [9.17, 15) is 4.79 Å². The van der Waals surface area contributed by atoms with E-state index in [0.29, 0.717) is 23.0 Å². The Morgan fingerprint density at radius 3 is 2.46 bits per heavy atom. The Balaban J connectivity index is 1.55. The van der Waals surface area contributed by atoms with E-state index < -0.39 is 0 Å². The average molecular weight is 345 g/mol. The molecule has 26 heavy (non-hydrogen) atoms. The topological polar surface area (TPSA) is 72.6 Å². The molecule has 7 nitrogen and oxygen atoms in total. The molecular weight excluding hydrogens is 330 g/mol. The van der Waals surface area contributed by atoms with Gasteiger partial charge in [-0.2, -0.15) is 0 Å². The van der Waals surface area contributed by atoms with Gasteiger partial charge in [-0.15, -0.1) is 0 Å². The van der Waals surface area contributed by atoms with Crippen molar-refractivity contribution in [2.45, 2.75) is 0 Å². The first kappa shape index (κ1) is 15.8. The Kier molecular flexibility index (Phi) is 4.03. The molecule has 0 aliphatic carbocycles. The second kappa shape index (κ2) is 6.64. The molecule has 0 aliphatic heterocycles. The summed E-state index contributed by atoms with van der Waals surface area (Å²) in [4.78, 5) is 26.8. The largest absolute Gasteiger partial charge is 0.439 e. The predicted octanol–water partition coefficient (Wildman–Crippen LogP) is 3.19. The fourth-order valence-electron chi connectivity index (χ4n) is 2.55. The van der Waals surface area contributed by atoms with Gasteiger partial charge in [-0.1, -0.05) is 6.07 Å². The molecule has 3 heterocycles. The second-order valence-electron chi connectivity index (χ2n) is 5.56. The molecule has 0 unspecified atom stereocenters. The standard InChI is InChI=1S/C19H15N5O2/c1-23(19(25)17-18-22-11-13-24(18)12-10-21-17)14-5-7-15(8-6-14)26-16-4-2-3-9-20-16/h2-13H,1H3. The smallest absolute Gasteiger partial charge is 0.280 e. The van der Waals surface area contributed by atoms with Gasteiger partial charge in [0.05, 0.1) is 0 Å². The van der Waals surface area contributed by atoms with E-state index >= 15 is 0 Å². The Morgan fingerprint density at radius 1 is 0.962 bits per heavy atom. The zero-order chi connectivity index (χ0) is 17.9. The summed E-state index contributed by atoms with van der Waals surface area (Å²) in [6.45, 7) is 0. The summed E-state index contributed by atoms with van der Waals surface area (Å²) in [6, 6.07) is 12.6. The number of ether oxygens (including phenoxy) is 1. The summed E-state index contributed by atoms with van der Waals surface area (Å²) >= 11 is 0. The molecule has 0 atom stereocenters. The van der Waals surface area contributed by atoms with Crippen LogP contribution in [0.2, 0.25) is 0 Å². The number of carbonyl (C=O) groups excluding carboxylic acids is 1. The van der Waals surface area contributed by atoms with Crippen LogP contribution in [0.5, 0.6) is 11.6 Å². The molecule has 0 bridgehead atoms. The lowest BCUT2D eigenvalue weighted by Gasteiger charge is -2.17. The molecule has 3 aromatic heterocycles. The highest BCUT2D eigenvalue weighted by Crippen LogP contribution is 2.23. The second-order valence-corrected chi connectivity index (χ2v) is 5.56. The number of imidazole rings is 1. The third-order valence-electron chi connectivity index (χ3n) is 3.90. The number of rotatable bonds is 4. The van der Waals surface area contributed by atoms with Gasteiger partial charge in [0.15, 0.2) is 11.3 Å². The van der Waals surface area contributed by atoms with Crippen LogP contribution < -0.4 is 9.64 Å². The van der Waals surface area contributed by atoms with Gasteiger partial charge < -0.3 is 14.0 Å². The number of carbonyl (C=O) groups is 1. The van der Waals surface area contributed by atoms with Gasteiger partial charge in [-0.05, 0) is 30.3 Å². The van der Waals surface area contributed by atoms with Crippen molar-refractivity contribution in [3.63, 3.8) is 0 Å². The number of hydrogen-bond donors (Lipinski definition) is 0. The fraction of sp³-hybridized carbons (Fsp3) is 0.0526. The number of fused-ring (bicyclic) bond motifs is 1. The minimum atomic E-state index is -0.236. The summed E-state index contributed by atoms with van der Waals surface area (Å²) < 4.78 is 7.43. The summed E-state index contributed by atoms with van der Waals surface area (Å²) in [5, 5.41) is 0. The number of anilines is 1. The molecule has 0 saturated carbocycles. The molecule has 4 aromatic rings. The SMILES string of the molecule is CN(C(=O)c1nccn2ccnc12)c1ccc(Oc2ccccn2)cc1. The quantitative estimate of drug-likeness (QED) is 0.568. The maximum Gasteiger partial charge on any atom is 0.280 e. The summed E-state index contributed by atoms with van der Waals surface area (Å²) in [6.07, 6.45) is 8.41. The lowest BCUT2D eigenvalue weighted by atomic mass is 10.2. The van der Waals surface area contributed by atoms with Crippen LogP contribution in [0, 0.1) is 0 Å². The van der Waals surface area contributed by atoms with Crippen LogP contribution in [0.1, 0.15) is 10.5 Å². The first-order chi connectivity index (χ1) is 12.7. The summed E-state index contributed by atoms with van der Waals surface area (Å²) in [5.74, 6) is 0.918. The Bertz CT molecular complexity index is 1040. The van der Waals surface area contributed by atoms with E-state index in [1.807, 2.05) is 24.3 Å². The van der Waals surface area contributed by atoms with Crippen molar-refractivity contribution in [2.24, 2.45) is 0 Å². The van der Waals surface area contributed by atoms with Crippen molar-refractivity contribution < 1.29 is 9.53 Å². The molecule has 1 aromatic carbocycles. The fourth-order valence-corrected chi connectivity index (χ4v) is 2.55. The molecule has 0 radical (unpaired) electrons. The Labute approximate surface area is 149 Å². The molecule has 7 heteroatoms. The van der Waals surface area contributed by atoms with Crippen molar-refractivity contribution in [3.05, 3.63) is 79.1 Å². The molecule has 0 aliphatic rings. The van der Waals surface area contributed by atoms with Gasteiger partial charge in [0.2, 0.25) is 5.88 Å². The number of nitrogens with zero attached hydrogens (tertiary/aromatic N) is 5. The lowest BCUT2D eigenvalue weighted by molar-refractivity contribution is 0.0989. The van der Waals surface area contributed by atoms with Crippen molar-refractivity contribution in [3.8, 4) is 11.6 Å². The van der Waals surface area contributed by atoms with E-state index in [-0.39, 0.29) is 5.91 Å². The van der Waals surface area contributed by atoms with E-state index in [4.69, 9.17) is 4.74 Å². The Morgan fingerprint density at radius 2 is 1.73 bits per heavy atom. The zero-order valence-electron chi connectivity index (χ0n) is 14.0. The minimum absolute atomic E-state index is 0.236. The molecule has 0 spiro atoms. The average Bonchev–Trinajstić information content (AvgIpc) is 3.17. The molecule has 1 amide bonds. The zero-order valence-corrected chi connectivity index (χ0v) is 14.0. The predicted molar refractivity (Wildman–Crippen MR) is 96.5 cm³/mol. The first-order valence-electron chi connectivity index (χ1n) is 7.97. The van der Waals surface area contributed by atoms with E-state index in [2.05, 4.69) is 15.0 Å². The van der Waals surface area contributed by atoms with Crippen molar-refractivity contribution >= 4 is 17.2 Å². The molecule has 0 saturated heterocycles. The van der Waals surface area contributed by atoms with E-state index in [1.165, 1.54) is 4.90 Å². The van der Waals surface area contributed by atoms with Crippen LogP contribution in [0.25, 0.3) is 5.65 Å². The van der Waals surface area contributed by atoms with Crippen LogP contribution in [-0.2, 0) is 0 Å². The van der Waals surface area contributed by atoms with Gasteiger partial charge in [-0.3, -0.25) is 4.79 Å². The molecule has 4 rings (SSSR count). The third kappa shape index (κ3) is 2.98. The molecular formula is C19H15N5O2. The highest BCUT2D eigenvalue weighted by atomic mass is 16.5. The Hall–Kier alpha value is -3.74. The number of benzene rings is 1. The normalized spacial score (nSPS) is 10.7. The number of aromatic nitrogens is 4. The van der Waals surface area contributed by atoms with Crippen molar-refractivity contribution in [1.29, 1.82) is 0 Å². The third-order valence-corrected chi connectivity index (χ3v) is 3.90. The van der Waals surface area contributed by atoms with Crippen LogP contribution in [-0.4, -0.2) is 32.3 Å². The van der Waals surface area contributed by atoms with Crippen LogP contribution in [0.3, 0.4) is 0 Å². The van der Waals surface area contributed by atoms with Gasteiger partial charge >= 0.3 is 0 Å². The van der Waals surface area contributed by atoms with Gasteiger partial charge in [0.25, 0.3) is 5.91 Å². The molecule has 0 fully saturated rings. The molecule has 128 valence electrons. The van der Waals surface area contributed by atoms with Crippen molar-refractivity contribution in [1.82, 2.24) is 19.4 Å². The highest BCUT2D eigenvalue weighted by molar-refractivity contribution is 6.08. The minimum Gasteiger partial charge on any atom is -0.439 e. The maximum atomic E-state index is 12.8. The van der Waals surface area contributed by atoms with E-state index in [1.54, 1.807) is 60.6 Å². The van der Waals surface area contributed by atoms with Crippen LogP contribution >= 0.6 is 0 Å². The van der Waals surface area contributed by atoms with Gasteiger partial charge in [-0.25, -0.2) is 15.0 Å². The summed E-state index contributed by atoms with van der Waals surface area (Å²) in [7, 11) is 1.70. The monoisotopic (exact) mass is 345 g/mol.